The van der Waals surface area contributed by atoms with E-state index >= 15 is 0 Å². The lowest BCUT2D eigenvalue weighted by Gasteiger charge is -2.55. The first-order valence-corrected chi connectivity index (χ1v) is 18.7. The molecule has 1 aliphatic heterocycles. The van der Waals surface area contributed by atoms with Crippen LogP contribution < -0.4 is 4.74 Å². The zero-order valence-corrected chi connectivity index (χ0v) is 31.5. The highest BCUT2D eigenvalue weighted by Crippen LogP contribution is 2.70. The first-order chi connectivity index (χ1) is 25.5. The SMILES string of the molecule is Cc1ccc(C(=O)Oc2ccc(C(=O)COC(=O)C(Cc3ccccc3)N3C(=O)C4C(C3=O)C3(Br)c5ccccc5C4(Br)c4ccccc43)cc2)cc1. The van der Waals surface area contributed by atoms with Crippen molar-refractivity contribution >= 4 is 61.4 Å². The van der Waals surface area contributed by atoms with Crippen molar-refractivity contribution in [3.63, 3.8) is 0 Å². The number of nitrogens with zero attached hydrogens (tertiary/aromatic N) is 1. The number of hydrogen-bond acceptors (Lipinski definition) is 7. The van der Waals surface area contributed by atoms with E-state index in [1.807, 2.05) is 97.9 Å². The van der Waals surface area contributed by atoms with Crippen LogP contribution in [0.1, 0.15) is 54.1 Å². The minimum absolute atomic E-state index is 0.00367. The highest BCUT2D eigenvalue weighted by atomic mass is 79.9. The van der Waals surface area contributed by atoms with Gasteiger partial charge in [-0.3, -0.25) is 19.3 Å². The van der Waals surface area contributed by atoms with Gasteiger partial charge in [0.1, 0.15) is 11.8 Å². The summed E-state index contributed by atoms with van der Waals surface area (Å²) >= 11 is 8.02. The molecule has 8 nitrogen and oxygen atoms in total. The summed E-state index contributed by atoms with van der Waals surface area (Å²) in [7, 11) is 0. The molecular weight excluding hydrogens is 802 g/mol. The lowest BCUT2D eigenvalue weighted by atomic mass is 9.54. The van der Waals surface area contributed by atoms with Gasteiger partial charge in [0.05, 0.1) is 26.0 Å². The highest BCUT2D eigenvalue weighted by Gasteiger charge is 2.73. The summed E-state index contributed by atoms with van der Waals surface area (Å²) in [6, 6.07) is 36.1. The largest absolute Gasteiger partial charge is 0.456 e. The van der Waals surface area contributed by atoms with E-state index in [1.54, 1.807) is 12.1 Å². The number of imide groups is 1. The maximum absolute atomic E-state index is 14.8. The van der Waals surface area contributed by atoms with Crippen molar-refractivity contribution in [2.45, 2.75) is 28.0 Å². The van der Waals surface area contributed by atoms with Crippen LogP contribution in [-0.2, 0) is 34.2 Å². The van der Waals surface area contributed by atoms with Crippen LogP contribution in [0, 0.1) is 18.8 Å². The van der Waals surface area contributed by atoms with Crippen LogP contribution in [0.3, 0.4) is 0 Å². The lowest BCUT2D eigenvalue weighted by Crippen LogP contribution is -2.56. The standard InChI is InChI=1S/C43H31Br2NO7/c1-25-15-17-28(18-16-25)40(50)53-29-21-19-27(20-22-29)35(47)24-52-41(51)34(23-26-9-3-2-4-10-26)46-38(48)36-37(39(46)49)43(45)31-12-6-5-11-30(31)42(36,44)32-13-7-8-14-33(32)43/h2-22,34,36-37H,23-24H2,1H3. The molecule has 0 saturated carbocycles. The Kier molecular flexibility index (Phi) is 8.78. The number of carbonyl (C=O) groups is 5. The summed E-state index contributed by atoms with van der Waals surface area (Å²) < 4.78 is 9.00. The zero-order valence-electron chi connectivity index (χ0n) is 28.3. The number of halogens is 2. The Labute approximate surface area is 322 Å². The molecule has 264 valence electrons. The first-order valence-electron chi connectivity index (χ1n) is 17.1. The highest BCUT2D eigenvalue weighted by molar-refractivity contribution is 9.10. The maximum atomic E-state index is 14.8. The number of esters is 2. The number of amides is 2. The van der Waals surface area contributed by atoms with E-state index < -0.39 is 62.7 Å². The van der Waals surface area contributed by atoms with Gasteiger partial charge >= 0.3 is 11.9 Å². The predicted octanol–water partition coefficient (Wildman–Crippen LogP) is 7.46. The van der Waals surface area contributed by atoms with Crippen LogP contribution >= 0.6 is 31.9 Å². The number of aryl methyl sites for hydroxylation is 1. The van der Waals surface area contributed by atoms with E-state index in [1.165, 1.54) is 24.3 Å². The van der Waals surface area contributed by atoms with E-state index in [0.29, 0.717) is 11.1 Å². The molecule has 3 aliphatic carbocycles. The summed E-state index contributed by atoms with van der Waals surface area (Å²) in [6.07, 6.45) is -0.00367. The van der Waals surface area contributed by atoms with Gasteiger partial charge in [0.2, 0.25) is 11.8 Å². The third-order valence-corrected chi connectivity index (χ3v) is 13.2. The van der Waals surface area contributed by atoms with Crippen LogP contribution in [0.4, 0.5) is 0 Å². The molecule has 1 fully saturated rings. The minimum atomic E-state index is -1.34. The smallest absolute Gasteiger partial charge is 0.343 e. The number of rotatable bonds is 9. The number of benzene rings is 5. The molecule has 0 radical (unpaired) electrons. The Balaban J connectivity index is 1.05. The second-order valence-electron chi connectivity index (χ2n) is 13.5. The number of Topliss-reactive ketones (excluding diaryl/α,β-unsaturated/α-hetero) is 1. The molecule has 1 saturated heterocycles. The number of likely N-dealkylation sites (tertiary alicyclic amines) is 1. The monoisotopic (exact) mass is 831 g/mol. The lowest BCUT2D eigenvalue weighted by molar-refractivity contribution is -0.158. The Morgan fingerprint density at radius 3 is 1.64 bits per heavy atom. The molecule has 4 aliphatic rings. The van der Waals surface area contributed by atoms with Crippen molar-refractivity contribution in [3.05, 3.63) is 172 Å². The summed E-state index contributed by atoms with van der Waals surface area (Å²) in [5.74, 6) is -4.41. The van der Waals surface area contributed by atoms with Crippen LogP contribution in [0.5, 0.6) is 5.75 Å². The van der Waals surface area contributed by atoms with Gasteiger partial charge in [-0.25, -0.2) is 9.59 Å². The van der Waals surface area contributed by atoms with Crippen LogP contribution in [0.25, 0.3) is 0 Å². The Hall–Kier alpha value is -5.19. The fourth-order valence-electron chi connectivity index (χ4n) is 7.99. The third-order valence-electron chi connectivity index (χ3n) is 10.5. The molecule has 0 spiro atoms. The molecule has 10 heteroatoms. The Morgan fingerprint density at radius 2 is 1.13 bits per heavy atom. The van der Waals surface area contributed by atoms with Gasteiger partial charge in [0, 0.05) is 12.0 Å². The fraction of sp³-hybridized carbons (Fsp3) is 0.186. The molecule has 53 heavy (non-hydrogen) atoms. The van der Waals surface area contributed by atoms with Crippen LogP contribution in [0.15, 0.2) is 127 Å². The summed E-state index contributed by atoms with van der Waals surface area (Å²) in [5.41, 5.74) is 5.85. The molecule has 2 amide bonds. The van der Waals surface area contributed by atoms with Crippen molar-refractivity contribution in [1.29, 1.82) is 0 Å². The Morgan fingerprint density at radius 1 is 0.660 bits per heavy atom. The third kappa shape index (κ3) is 5.58. The molecule has 0 N–H and O–H groups in total. The second kappa shape index (κ2) is 13.3. The minimum Gasteiger partial charge on any atom is -0.456 e. The predicted molar refractivity (Wildman–Crippen MR) is 203 cm³/mol. The summed E-state index contributed by atoms with van der Waals surface area (Å²) in [4.78, 5) is 70.5. The number of hydrogen-bond donors (Lipinski definition) is 0. The van der Waals surface area contributed by atoms with Gasteiger partial charge in [-0.15, -0.1) is 0 Å². The van der Waals surface area contributed by atoms with E-state index in [-0.39, 0.29) is 17.7 Å². The average Bonchev–Trinajstić information content (AvgIpc) is 3.46. The normalized spacial score (nSPS) is 22.7. The summed E-state index contributed by atoms with van der Waals surface area (Å²) in [6.45, 7) is 1.29. The van der Waals surface area contributed by atoms with Crippen molar-refractivity contribution in [2.75, 3.05) is 6.61 Å². The molecule has 1 heterocycles. The summed E-state index contributed by atoms with van der Waals surface area (Å²) in [5, 5.41) is 0. The van der Waals surface area contributed by atoms with Gasteiger partial charge in [0.25, 0.3) is 0 Å². The topological polar surface area (TPSA) is 107 Å². The van der Waals surface area contributed by atoms with Gasteiger partial charge in [-0.1, -0.05) is 128 Å². The number of ketones is 1. The first kappa shape index (κ1) is 34.9. The number of carbonyl (C=O) groups excluding carboxylic acids is 5. The second-order valence-corrected chi connectivity index (χ2v) is 16.0. The molecule has 5 aromatic carbocycles. The zero-order chi connectivity index (χ0) is 37.1. The van der Waals surface area contributed by atoms with Crippen molar-refractivity contribution in [3.8, 4) is 5.75 Å². The van der Waals surface area contributed by atoms with Crippen molar-refractivity contribution in [1.82, 2.24) is 4.90 Å². The fourth-order valence-corrected chi connectivity index (χ4v) is 10.3. The van der Waals surface area contributed by atoms with Crippen molar-refractivity contribution in [2.24, 2.45) is 11.8 Å². The van der Waals surface area contributed by atoms with Gasteiger partial charge in [0.15, 0.2) is 12.4 Å². The molecule has 3 atom stereocenters. The Bertz CT molecular complexity index is 2180. The van der Waals surface area contributed by atoms with Crippen molar-refractivity contribution < 1.29 is 33.4 Å². The van der Waals surface area contributed by atoms with E-state index in [9.17, 15) is 24.0 Å². The van der Waals surface area contributed by atoms with Gasteiger partial charge < -0.3 is 9.47 Å². The van der Waals surface area contributed by atoms with Gasteiger partial charge in [-0.2, -0.15) is 0 Å². The van der Waals surface area contributed by atoms with Crippen LogP contribution in [-0.4, -0.2) is 47.1 Å². The quantitative estimate of drug-likeness (QED) is 0.0500. The molecule has 2 bridgehead atoms. The maximum Gasteiger partial charge on any atom is 0.343 e. The average molecular weight is 834 g/mol. The van der Waals surface area contributed by atoms with E-state index in [4.69, 9.17) is 9.47 Å². The number of alkyl halides is 2. The van der Waals surface area contributed by atoms with Gasteiger partial charge in [-0.05, 0) is 71.1 Å². The molecule has 0 aromatic heterocycles. The van der Waals surface area contributed by atoms with E-state index in [2.05, 4.69) is 31.9 Å². The molecule has 9 rings (SSSR count). The number of ether oxygens (including phenoxy) is 2. The van der Waals surface area contributed by atoms with Crippen LogP contribution in [0.2, 0.25) is 0 Å². The van der Waals surface area contributed by atoms with E-state index in [0.717, 1.165) is 32.7 Å². The molecule has 5 aromatic rings. The molecular formula is C43H31Br2NO7. The molecule has 3 unspecified atom stereocenters.